The average Bonchev–Trinajstić information content (AvgIpc) is 2.99. The molecular weight excluding hydrogens is 617 g/mol. The summed E-state index contributed by atoms with van der Waals surface area (Å²) in [6, 6.07) is 25.3. The molecule has 4 aromatic carbocycles. The SMILES string of the molecule is CNC(=O)[C@@H](Cc1ccccc1)N(Cc1ccc(Cl)c(Cl)c1)C(=O)CN(c1cc(C)cc(C)c1)S(=O)(=O)c1ccc(C)cc1. The molecule has 0 saturated carbocycles. The third-order valence-corrected chi connectivity index (χ3v) is 9.76. The summed E-state index contributed by atoms with van der Waals surface area (Å²) in [7, 11) is -2.68. The number of benzene rings is 4. The molecule has 0 radical (unpaired) electrons. The lowest BCUT2D eigenvalue weighted by molar-refractivity contribution is -0.139. The predicted octanol–water partition coefficient (Wildman–Crippen LogP) is 6.50. The fourth-order valence-electron chi connectivity index (χ4n) is 5.02. The molecule has 0 aliphatic rings. The Labute approximate surface area is 269 Å². The Hall–Kier alpha value is -3.85. The van der Waals surface area contributed by atoms with Crippen LogP contribution in [0.25, 0.3) is 0 Å². The molecule has 0 saturated heterocycles. The van der Waals surface area contributed by atoms with Crippen LogP contribution in [0.4, 0.5) is 5.69 Å². The molecule has 0 spiro atoms. The van der Waals surface area contributed by atoms with E-state index < -0.39 is 28.5 Å². The van der Waals surface area contributed by atoms with Crippen LogP contribution in [-0.2, 0) is 32.6 Å². The van der Waals surface area contributed by atoms with E-state index in [0.717, 1.165) is 26.6 Å². The van der Waals surface area contributed by atoms with Gasteiger partial charge in [-0.25, -0.2) is 8.42 Å². The molecular formula is C34H35Cl2N3O4S. The predicted molar refractivity (Wildman–Crippen MR) is 177 cm³/mol. The van der Waals surface area contributed by atoms with Crippen LogP contribution in [0.2, 0.25) is 10.0 Å². The van der Waals surface area contributed by atoms with Gasteiger partial charge in [0.1, 0.15) is 12.6 Å². The first-order valence-corrected chi connectivity index (χ1v) is 16.2. The second kappa shape index (κ2) is 14.3. The molecule has 0 aliphatic heterocycles. The van der Waals surface area contributed by atoms with Gasteiger partial charge in [-0.05, 0) is 79.4 Å². The Morgan fingerprint density at radius 1 is 0.773 bits per heavy atom. The van der Waals surface area contributed by atoms with Crippen LogP contribution in [0.5, 0.6) is 0 Å². The van der Waals surface area contributed by atoms with Crippen LogP contribution in [0.3, 0.4) is 0 Å². The van der Waals surface area contributed by atoms with Crippen molar-refractivity contribution in [3.8, 4) is 0 Å². The summed E-state index contributed by atoms with van der Waals surface area (Å²) in [5, 5.41) is 3.33. The minimum atomic E-state index is -4.18. The van der Waals surface area contributed by atoms with Gasteiger partial charge in [-0.3, -0.25) is 13.9 Å². The molecule has 1 N–H and O–H groups in total. The third kappa shape index (κ3) is 8.00. The summed E-state index contributed by atoms with van der Waals surface area (Å²) >= 11 is 12.5. The Bertz CT molecular complexity index is 1730. The van der Waals surface area contributed by atoms with E-state index >= 15 is 0 Å². The number of hydrogen-bond acceptors (Lipinski definition) is 4. The van der Waals surface area contributed by atoms with E-state index in [-0.39, 0.29) is 23.8 Å². The van der Waals surface area contributed by atoms with Crippen LogP contribution in [-0.4, -0.2) is 44.8 Å². The fourth-order valence-corrected chi connectivity index (χ4v) is 6.73. The van der Waals surface area contributed by atoms with Crippen molar-refractivity contribution in [1.82, 2.24) is 10.2 Å². The monoisotopic (exact) mass is 651 g/mol. The summed E-state index contributed by atoms with van der Waals surface area (Å²) in [4.78, 5) is 29.3. The molecule has 7 nitrogen and oxygen atoms in total. The fraction of sp³-hybridized carbons (Fsp3) is 0.235. The molecule has 0 heterocycles. The van der Waals surface area contributed by atoms with Crippen molar-refractivity contribution in [3.05, 3.63) is 129 Å². The lowest BCUT2D eigenvalue weighted by Crippen LogP contribution is -2.53. The van der Waals surface area contributed by atoms with Crippen molar-refractivity contribution < 1.29 is 18.0 Å². The first kappa shape index (κ1) is 33.1. The molecule has 0 unspecified atom stereocenters. The molecule has 0 fully saturated rings. The largest absolute Gasteiger partial charge is 0.357 e. The first-order valence-electron chi connectivity index (χ1n) is 14.1. The molecule has 44 heavy (non-hydrogen) atoms. The van der Waals surface area contributed by atoms with E-state index in [0.29, 0.717) is 21.3 Å². The molecule has 0 bridgehead atoms. The van der Waals surface area contributed by atoms with E-state index in [4.69, 9.17) is 23.2 Å². The van der Waals surface area contributed by atoms with E-state index in [1.807, 2.05) is 57.2 Å². The maximum Gasteiger partial charge on any atom is 0.264 e. The smallest absolute Gasteiger partial charge is 0.264 e. The van der Waals surface area contributed by atoms with E-state index in [1.165, 1.54) is 24.1 Å². The first-order chi connectivity index (χ1) is 20.9. The molecule has 4 aromatic rings. The number of carbonyl (C=O) groups excluding carboxylic acids is 2. The lowest BCUT2D eigenvalue weighted by Gasteiger charge is -2.33. The summed E-state index contributed by atoms with van der Waals surface area (Å²) in [6.07, 6.45) is 0.210. The molecule has 2 amide bonds. The Morgan fingerprint density at radius 2 is 1.41 bits per heavy atom. The van der Waals surface area contributed by atoms with E-state index in [9.17, 15) is 18.0 Å². The number of halogens is 2. The Balaban J connectivity index is 1.82. The number of sulfonamides is 1. The number of amides is 2. The number of nitrogens with one attached hydrogen (secondary N) is 1. The van der Waals surface area contributed by atoms with E-state index in [2.05, 4.69) is 5.32 Å². The third-order valence-electron chi connectivity index (χ3n) is 7.24. The number of rotatable bonds is 11. The van der Waals surface area contributed by atoms with Crippen LogP contribution in [0.15, 0.2) is 95.9 Å². The van der Waals surface area contributed by atoms with Gasteiger partial charge in [0.2, 0.25) is 11.8 Å². The normalized spacial score (nSPS) is 12.0. The van der Waals surface area contributed by atoms with Gasteiger partial charge in [0.05, 0.1) is 20.6 Å². The molecule has 230 valence electrons. The molecule has 1 atom stereocenters. The second-order valence-corrected chi connectivity index (χ2v) is 13.4. The Kier molecular flexibility index (Phi) is 10.7. The molecule has 10 heteroatoms. The van der Waals surface area contributed by atoms with Crippen molar-refractivity contribution in [2.75, 3.05) is 17.9 Å². The number of hydrogen-bond donors (Lipinski definition) is 1. The van der Waals surface area contributed by atoms with Gasteiger partial charge in [0.15, 0.2) is 0 Å². The van der Waals surface area contributed by atoms with Gasteiger partial charge >= 0.3 is 0 Å². The van der Waals surface area contributed by atoms with Gasteiger partial charge in [-0.1, -0.05) is 83.4 Å². The highest BCUT2D eigenvalue weighted by molar-refractivity contribution is 7.92. The van der Waals surface area contributed by atoms with Gasteiger partial charge in [0, 0.05) is 20.0 Å². The van der Waals surface area contributed by atoms with Crippen molar-refractivity contribution >= 4 is 50.7 Å². The van der Waals surface area contributed by atoms with Gasteiger partial charge in [-0.2, -0.15) is 0 Å². The van der Waals surface area contributed by atoms with Gasteiger partial charge < -0.3 is 10.2 Å². The summed E-state index contributed by atoms with van der Waals surface area (Å²) in [5.41, 5.74) is 4.42. The number of carbonyl (C=O) groups is 2. The molecule has 0 aromatic heterocycles. The number of nitrogens with zero attached hydrogens (tertiary/aromatic N) is 2. The second-order valence-electron chi connectivity index (χ2n) is 10.8. The van der Waals surface area contributed by atoms with Gasteiger partial charge in [-0.15, -0.1) is 0 Å². The highest BCUT2D eigenvalue weighted by Crippen LogP contribution is 2.28. The van der Waals surface area contributed by atoms with Crippen molar-refractivity contribution in [3.63, 3.8) is 0 Å². The van der Waals surface area contributed by atoms with E-state index in [1.54, 1.807) is 42.5 Å². The average molecular weight is 653 g/mol. The topological polar surface area (TPSA) is 86.8 Å². The number of anilines is 1. The van der Waals surface area contributed by atoms with Crippen LogP contribution in [0, 0.1) is 20.8 Å². The number of likely N-dealkylation sites (N-methyl/N-ethyl adjacent to an activating group) is 1. The quantitative estimate of drug-likeness (QED) is 0.201. The molecule has 4 rings (SSSR count). The highest BCUT2D eigenvalue weighted by Gasteiger charge is 2.34. The zero-order valence-corrected chi connectivity index (χ0v) is 27.4. The van der Waals surface area contributed by atoms with Crippen LogP contribution < -0.4 is 9.62 Å². The summed E-state index contributed by atoms with van der Waals surface area (Å²) in [5.74, 6) is -0.947. The highest BCUT2D eigenvalue weighted by atomic mass is 35.5. The lowest BCUT2D eigenvalue weighted by atomic mass is 10.0. The maximum atomic E-state index is 14.4. The maximum absolute atomic E-state index is 14.4. The number of aryl methyl sites for hydroxylation is 3. The van der Waals surface area contributed by atoms with Gasteiger partial charge in [0.25, 0.3) is 10.0 Å². The zero-order valence-electron chi connectivity index (χ0n) is 25.1. The van der Waals surface area contributed by atoms with Crippen molar-refractivity contribution in [1.29, 1.82) is 0 Å². The van der Waals surface area contributed by atoms with Crippen molar-refractivity contribution in [2.45, 2.75) is 44.7 Å². The zero-order chi connectivity index (χ0) is 32.0. The van der Waals surface area contributed by atoms with Crippen LogP contribution >= 0.6 is 23.2 Å². The summed E-state index contributed by atoms with van der Waals surface area (Å²) < 4.78 is 29.4. The standard InChI is InChI=1S/C34H35Cl2N3O4S/c1-23-10-13-29(14-11-23)44(42,43)39(28-17-24(2)16-25(3)18-28)22-33(40)38(21-27-12-15-30(35)31(36)19-27)32(34(41)37-4)20-26-8-6-5-7-9-26/h5-19,32H,20-22H2,1-4H3,(H,37,41)/t32-/m1/s1. The minimum Gasteiger partial charge on any atom is -0.357 e. The van der Waals surface area contributed by atoms with Crippen molar-refractivity contribution in [2.24, 2.45) is 0 Å². The molecule has 0 aliphatic carbocycles. The summed E-state index contributed by atoms with van der Waals surface area (Å²) in [6.45, 7) is 5.06. The Morgan fingerprint density at radius 3 is 2.00 bits per heavy atom. The van der Waals surface area contributed by atoms with Crippen LogP contribution in [0.1, 0.15) is 27.8 Å². The minimum absolute atomic E-state index is 0.00803.